The fourth-order valence-corrected chi connectivity index (χ4v) is 16.3. The van der Waals surface area contributed by atoms with Crippen LogP contribution < -0.4 is 0 Å². The van der Waals surface area contributed by atoms with Crippen LogP contribution in [-0.4, -0.2) is 101 Å². The Morgan fingerprint density at radius 2 is 0.456 bits per heavy atom. The van der Waals surface area contributed by atoms with Crippen molar-refractivity contribution in [1.29, 1.82) is 0 Å². The van der Waals surface area contributed by atoms with E-state index in [2.05, 4.69) is 0 Å². The molecule has 0 atom stereocenters. The van der Waals surface area contributed by atoms with E-state index in [-0.39, 0.29) is 113 Å². The molecule has 0 aliphatic carbocycles. The number of benzene rings is 7. The number of fused-ring (bicyclic) bond motifs is 10. The molecule has 0 N–H and O–H groups in total. The van der Waals surface area contributed by atoms with E-state index >= 15 is 33.7 Å². The molecule has 0 saturated heterocycles. The van der Waals surface area contributed by atoms with Crippen LogP contribution in [0.4, 0.5) is 0 Å². The Kier molecular flexibility index (Phi) is 20.1. The van der Waals surface area contributed by atoms with Gasteiger partial charge in [-0.25, -0.2) is 52.8 Å². The normalized spacial score (nSPS) is 14.8. The van der Waals surface area contributed by atoms with Crippen LogP contribution in [0.25, 0.3) is 0 Å². The van der Waals surface area contributed by atoms with Gasteiger partial charge >= 0.3 is 23.9 Å². The van der Waals surface area contributed by atoms with Gasteiger partial charge in [0.1, 0.15) is 0 Å². The van der Waals surface area contributed by atoms with Gasteiger partial charge in [0.15, 0.2) is 0 Å². The number of esters is 4. The van der Waals surface area contributed by atoms with E-state index < -0.39 is 116 Å². The highest BCUT2D eigenvalue weighted by Crippen LogP contribution is 2.37. The molecule has 0 amide bonds. The minimum atomic E-state index is -4.70. The van der Waals surface area contributed by atoms with Crippen LogP contribution in [-0.2, 0) is 111 Å². The first-order chi connectivity index (χ1) is 42.7. The van der Waals surface area contributed by atoms with Crippen LogP contribution in [0, 0.1) is 27.7 Å². The lowest BCUT2D eigenvalue weighted by atomic mass is 9.94. The highest BCUT2D eigenvalue weighted by molar-refractivity contribution is 7.90. The third-order valence-electron chi connectivity index (χ3n) is 15.6. The number of ether oxygens (including phenoxy) is 4. The molecule has 24 heteroatoms. The molecule has 0 fully saturated rings. The summed E-state index contributed by atoms with van der Waals surface area (Å²) in [6.45, 7) is 7.83. The van der Waals surface area contributed by atoms with Gasteiger partial charge < -0.3 is 18.9 Å². The van der Waals surface area contributed by atoms with Gasteiger partial charge in [-0.3, -0.25) is 0 Å². The summed E-state index contributed by atoms with van der Waals surface area (Å²) in [4.78, 5) is 56.3. The summed E-state index contributed by atoms with van der Waals surface area (Å²) in [6.07, 6.45) is 0. The average molecular weight is 1300 g/mol. The van der Waals surface area contributed by atoms with Crippen molar-refractivity contribution in [2.24, 2.45) is 0 Å². The Morgan fingerprint density at radius 1 is 0.289 bits per heavy atom. The summed E-state index contributed by atoms with van der Waals surface area (Å²) in [6, 6.07) is 32.2. The minimum Gasteiger partial charge on any atom is -0.462 e. The summed E-state index contributed by atoms with van der Waals surface area (Å²) < 4.78 is 151. The van der Waals surface area contributed by atoms with Gasteiger partial charge in [-0.1, -0.05) is 95.1 Å². The number of carbonyl (C=O) groups excluding carboxylic acids is 4. The average Bonchev–Trinajstić information content (AvgIpc) is 0.927. The molecule has 0 saturated carbocycles. The van der Waals surface area contributed by atoms with E-state index in [9.17, 15) is 19.2 Å². The molecule has 9 rings (SSSR count). The van der Waals surface area contributed by atoms with Gasteiger partial charge in [0.2, 0.25) is 40.1 Å². The van der Waals surface area contributed by atoms with E-state index in [1.807, 2.05) is 0 Å². The lowest BCUT2D eigenvalue weighted by Gasteiger charge is -2.32. The molecule has 90 heavy (non-hydrogen) atoms. The van der Waals surface area contributed by atoms with Gasteiger partial charge in [0.25, 0.3) is 0 Å². The smallest absolute Gasteiger partial charge is 0.338 e. The summed E-state index contributed by atoms with van der Waals surface area (Å²) >= 11 is 0. The van der Waals surface area contributed by atoms with Gasteiger partial charge in [0, 0.05) is 52.4 Å². The zero-order valence-corrected chi connectivity index (χ0v) is 54.4. The predicted molar refractivity (Wildman–Crippen MR) is 334 cm³/mol. The molecule has 0 radical (unpaired) electrons. The molecule has 0 unspecified atom stereocenters. The van der Waals surface area contributed by atoms with Crippen LogP contribution in [0.5, 0.6) is 0 Å². The SMILES string of the molecule is CCOC(=O)c1cc(C(=O)OCC)c2cc1CN(S(=O)(=O)c1ccc(C)cc1)Cc1cc(c3cc1CN(S(=O)(=O)c1ccc(C)cc1)Cc1cc(c(C(=O)OCC)cc1C(=O)OCC)CN(S(=O)(=O)c1ccc(C)cc1)C3)CN(S(=O)(=O)c1ccc(C)cc1)C2. The van der Waals surface area contributed by atoms with Crippen LogP contribution in [0.3, 0.4) is 0 Å². The first-order valence-electron chi connectivity index (χ1n) is 29.1. The quantitative estimate of drug-likeness (QED) is 0.0644. The molecule has 2 aliphatic rings. The zero-order chi connectivity index (χ0) is 65.0. The van der Waals surface area contributed by atoms with Crippen molar-refractivity contribution in [2.45, 2.75) is 127 Å². The third kappa shape index (κ3) is 14.1. The molecule has 0 spiro atoms. The Hall–Kier alpha value is -7.94. The largest absolute Gasteiger partial charge is 0.462 e. The molecule has 8 bridgehead atoms. The predicted octanol–water partition coefficient (Wildman–Crippen LogP) is 9.82. The van der Waals surface area contributed by atoms with E-state index in [4.69, 9.17) is 18.9 Å². The van der Waals surface area contributed by atoms with Gasteiger partial charge in [-0.2, -0.15) is 17.2 Å². The fraction of sp³-hybridized carbons (Fsp3) is 0.303. The number of aryl methyl sites for hydroxylation is 4. The number of nitrogens with zero attached hydrogens (tertiary/aromatic N) is 4. The summed E-state index contributed by atoms with van der Waals surface area (Å²) in [7, 11) is -18.8. The second-order valence-corrected chi connectivity index (χ2v) is 29.7. The molecule has 7 aromatic carbocycles. The van der Waals surface area contributed by atoms with Crippen LogP contribution >= 0.6 is 0 Å². The molecule has 2 heterocycles. The van der Waals surface area contributed by atoms with Gasteiger partial charge in [-0.05, 0) is 161 Å². The molecule has 2 aliphatic heterocycles. The second-order valence-electron chi connectivity index (χ2n) is 21.9. The molecule has 7 aromatic rings. The van der Waals surface area contributed by atoms with Crippen molar-refractivity contribution in [1.82, 2.24) is 17.2 Å². The number of hydrogen-bond donors (Lipinski definition) is 0. The Bertz CT molecular complexity index is 3840. The maximum atomic E-state index is 15.6. The topological polar surface area (TPSA) is 255 Å². The van der Waals surface area contributed by atoms with Crippen LogP contribution in [0.15, 0.2) is 153 Å². The van der Waals surface area contributed by atoms with Crippen LogP contribution in [0.2, 0.25) is 0 Å². The van der Waals surface area contributed by atoms with E-state index in [0.717, 1.165) is 39.5 Å². The zero-order valence-electron chi connectivity index (χ0n) is 51.1. The van der Waals surface area contributed by atoms with E-state index in [1.165, 1.54) is 84.9 Å². The van der Waals surface area contributed by atoms with Crippen molar-refractivity contribution >= 4 is 64.0 Å². The monoisotopic (exact) mass is 1300 g/mol. The Labute approximate surface area is 526 Å². The van der Waals surface area contributed by atoms with Gasteiger partial charge in [0.05, 0.1) is 68.3 Å². The molecule has 0 aromatic heterocycles. The first kappa shape index (κ1) is 66.5. The standard InChI is InChI=1S/C66H70N4O16S4/c1-9-83-63(71)59-33-60(64(72)84-10-2)52-31-51(59)39-67(87(75,76)55-21-13-43(5)14-22-55)35-47-29-49(36-68(40-52)88(77,78)56-23-15-44(6)16-24-56)50-30-48(47)37-69(89(79,80)57-25-17-45(7)18-26-57)41-53-32-54(62(66(74)86-12-4)34-61(53)65(73)85-11-3)42-70(38-50)90(81,82)58-27-19-46(8)20-28-58/h13-34H,9-12,35-42H2,1-8H3. The summed E-state index contributed by atoms with van der Waals surface area (Å²) in [5.74, 6) is -3.76. The summed E-state index contributed by atoms with van der Waals surface area (Å²) in [5.41, 5.74) is 2.39. The van der Waals surface area contributed by atoms with Crippen molar-refractivity contribution in [3.63, 3.8) is 0 Å². The van der Waals surface area contributed by atoms with Gasteiger partial charge in [-0.15, -0.1) is 0 Å². The maximum Gasteiger partial charge on any atom is 0.338 e. The Morgan fingerprint density at radius 3 is 0.633 bits per heavy atom. The number of hydrogen-bond acceptors (Lipinski definition) is 16. The lowest BCUT2D eigenvalue weighted by molar-refractivity contribution is 0.0503. The van der Waals surface area contributed by atoms with E-state index in [0.29, 0.717) is 0 Å². The third-order valence-corrected chi connectivity index (χ3v) is 22.8. The highest BCUT2D eigenvalue weighted by Gasteiger charge is 2.38. The number of sulfonamides is 4. The minimum absolute atomic E-state index is 0.00456. The molecular formula is C66H70N4O16S4. The Balaban J connectivity index is 1.42. The number of rotatable bonds is 16. The van der Waals surface area contributed by atoms with Crippen molar-refractivity contribution in [2.75, 3.05) is 26.4 Å². The molecular weight excluding hydrogens is 1230 g/mol. The highest BCUT2D eigenvalue weighted by atomic mass is 32.2. The van der Waals surface area contributed by atoms with Crippen LogP contribution in [0.1, 0.15) is 136 Å². The molecule has 20 nitrogen and oxygen atoms in total. The van der Waals surface area contributed by atoms with E-state index in [1.54, 1.807) is 104 Å². The maximum absolute atomic E-state index is 15.6. The van der Waals surface area contributed by atoms with Crippen molar-refractivity contribution in [3.05, 3.63) is 222 Å². The van der Waals surface area contributed by atoms with Crippen molar-refractivity contribution < 1.29 is 71.8 Å². The lowest BCUT2D eigenvalue weighted by Crippen LogP contribution is -2.36. The fourth-order valence-electron chi connectivity index (χ4n) is 10.8. The molecule has 474 valence electrons. The second kappa shape index (κ2) is 27.3. The first-order valence-corrected chi connectivity index (χ1v) is 34.9. The number of carbonyl (C=O) groups is 4. The summed E-state index contributed by atoms with van der Waals surface area (Å²) in [5, 5.41) is 0. The van der Waals surface area contributed by atoms with Crippen molar-refractivity contribution in [3.8, 4) is 0 Å².